The Labute approximate surface area is 149 Å². The number of nitrogens with zero attached hydrogens (tertiary/aromatic N) is 2. The molecular weight excluding hydrogens is 322 g/mol. The number of likely N-dealkylation sites (N-methyl/N-ethyl adjacent to an activating group) is 1. The fraction of sp³-hybridized carbons (Fsp3) is 0.500. The molecule has 2 rings (SSSR count). The second-order valence-electron chi connectivity index (χ2n) is 5.97. The van der Waals surface area contributed by atoms with Crippen molar-refractivity contribution < 1.29 is 9.53 Å². The molecule has 1 aliphatic heterocycles. The molecule has 6 heteroatoms. The number of nitrogens with one attached hydrogen (secondary N) is 1. The Morgan fingerprint density at radius 1 is 1.38 bits per heavy atom. The molecule has 0 radical (unpaired) electrons. The van der Waals surface area contributed by atoms with Crippen LogP contribution in [0.4, 0.5) is 5.69 Å². The van der Waals surface area contributed by atoms with Crippen molar-refractivity contribution in [1.82, 2.24) is 9.80 Å². The summed E-state index contributed by atoms with van der Waals surface area (Å²) in [4.78, 5) is 16.8. The molecule has 0 spiro atoms. The van der Waals surface area contributed by atoms with Crippen LogP contribution in [0.5, 0.6) is 5.75 Å². The molecule has 1 aliphatic rings. The predicted molar refractivity (Wildman–Crippen MR) is 102 cm³/mol. The molecule has 0 bridgehead atoms. The minimum atomic E-state index is -0.0168. The summed E-state index contributed by atoms with van der Waals surface area (Å²) in [5, 5.41) is 2.96. The topological polar surface area (TPSA) is 44.8 Å². The summed E-state index contributed by atoms with van der Waals surface area (Å²) >= 11 is 1.54. The van der Waals surface area contributed by atoms with Gasteiger partial charge in [0.25, 0.3) is 0 Å². The Morgan fingerprint density at radius 3 is 2.79 bits per heavy atom. The van der Waals surface area contributed by atoms with Gasteiger partial charge in [-0.2, -0.15) is 0 Å². The van der Waals surface area contributed by atoms with Crippen molar-refractivity contribution in [3.8, 4) is 5.75 Å². The molecule has 1 N–H and O–H groups in total. The van der Waals surface area contributed by atoms with Crippen LogP contribution in [0.1, 0.15) is 5.56 Å². The molecule has 1 saturated heterocycles. The van der Waals surface area contributed by atoms with Crippen LogP contribution in [-0.4, -0.2) is 67.5 Å². The van der Waals surface area contributed by atoms with Gasteiger partial charge in [-0.05, 0) is 24.7 Å². The van der Waals surface area contributed by atoms with Gasteiger partial charge in [-0.15, -0.1) is 18.3 Å². The third-order valence-corrected chi connectivity index (χ3v) is 4.95. The normalized spacial score (nSPS) is 15.9. The lowest BCUT2D eigenvalue weighted by Crippen LogP contribution is -2.43. The number of thioether (sulfide) groups is 1. The third kappa shape index (κ3) is 5.85. The highest BCUT2D eigenvalue weighted by Crippen LogP contribution is 2.26. The van der Waals surface area contributed by atoms with Gasteiger partial charge in [-0.1, -0.05) is 12.1 Å². The standard InChI is InChI=1S/C18H27N3O2S/c1-4-11-24-14-18(22)19-16-12-15(5-6-17(16)23-3)13-21-9-7-20(2)8-10-21/h4-6,12H,1,7-11,13-14H2,2-3H3,(H,19,22). The van der Waals surface area contributed by atoms with Gasteiger partial charge < -0.3 is 15.0 Å². The number of carbonyl (C=O) groups is 1. The second kappa shape index (κ2) is 9.71. The summed E-state index contributed by atoms with van der Waals surface area (Å²) in [6.45, 7) is 8.89. The predicted octanol–water partition coefficient (Wildman–Crippen LogP) is 2.30. The average Bonchev–Trinajstić information content (AvgIpc) is 2.57. The summed E-state index contributed by atoms with van der Waals surface area (Å²) in [5.41, 5.74) is 1.93. The van der Waals surface area contributed by atoms with Crippen LogP contribution < -0.4 is 10.1 Å². The minimum Gasteiger partial charge on any atom is -0.495 e. The first-order valence-electron chi connectivity index (χ1n) is 8.18. The largest absolute Gasteiger partial charge is 0.495 e. The molecule has 132 valence electrons. The van der Waals surface area contributed by atoms with Gasteiger partial charge >= 0.3 is 0 Å². The molecule has 0 atom stereocenters. The Hall–Kier alpha value is -1.50. The summed E-state index contributed by atoms with van der Waals surface area (Å²) < 4.78 is 5.37. The number of hydrogen-bond acceptors (Lipinski definition) is 5. The Morgan fingerprint density at radius 2 is 2.12 bits per heavy atom. The monoisotopic (exact) mass is 349 g/mol. The summed E-state index contributed by atoms with van der Waals surface area (Å²) in [6, 6.07) is 6.02. The van der Waals surface area contributed by atoms with Crippen LogP contribution in [-0.2, 0) is 11.3 Å². The summed E-state index contributed by atoms with van der Waals surface area (Å²) in [7, 11) is 3.78. The van der Waals surface area contributed by atoms with Crippen molar-refractivity contribution in [2.24, 2.45) is 0 Å². The zero-order chi connectivity index (χ0) is 17.4. The zero-order valence-electron chi connectivity index (χ0n) is 14.6. The highest BCUT2D eigenvalue weighted by Gasteiger charge is 2.15. The van der Waals surface area contributed by atoms with E-state index in [1.54, 1.807) is 24.9 Å². The second-order valence-corrected chi connectivity index (χ2v) is 7.00. The van der Waals surface area contributed by atoms with Crippen LogP contribution in [0.3, 0.4) is 0 Å². The van der Waals surface area contributed by atoms with Gasteiger partial charge in [-0.3, -0.25) is 9.69 Å². The van der Waals surface area contributed by atoms with Gasteiger partial charge in [0.05, 0.1) is 18.6 Å². The minimum absolute atomic E-state index is 0.0168. The maximum Gasteiger partial charge on any atom is 0.234 e. The fourth-order valence-electron chi connectivity index (χ4n) is 2.64. The van der Waals surface area contributed by atoms with Crippen molar-refractivity contribution in [2.45, 2.75) is 6.54 Å². The average molecular weight is 350 g/mol. The molecule has 5 nitrogen and oxygen atoms in total. The van der Waals surface area contributed by atoms with Crippen LogP contribution in [0.2, 0.25) is 0 Å². The molecule has 0 unspecified atom stereocenters. The van der Waals surface area contributed by atoms with E-state index in [2.05, 4.69) is 34.8 Å². The van der Waals surface area contributed by atoms with E-state index < -0.39 is 0 Å². The van der Waals surface area contributed by atoms with Crippen LogP contribution >= 0.6 is 11.8 Å². The van der Waals surface area contributed by atoms with E-state index in [1.165, 1.54) is 5.56 Å². The van der Waals surface area contributed by atoms with Crippen molar-refractivity contribution >= 4 is 23.4 Å². The van der Waals surface area contributed by atoms with Gasteiger partial charge in [0.2, 0.25) is 5.91 Å². The van der Waals surface area contributed by atoms with Crippen molar-refractivity contribution in [3.05, 3.63) is 36.4 Å². The first-order valence-corrected chi connectivity index (χ1v) is 9.34. The number of benzene rings is 1. The molecule has 1 fully saturated rings. The van der Waals surface area contributed by atoms with E-state index >= 15 is 0 Å². The van der Waals surface area contributed by atoms with E-state index in [-0.39, 0.29) is 5.91 Å². The van der Waals surface area contributed by atoms with Crippen LogP contribution in [0, 0.1) is 0 Å². The first kappa shape index (κ1) is 18.8. The Kier molecular flexibility index (Phi) is 7.62. The van der Waals surface area contributed by atoms with E-state index in [9.17, 15) is 4.79 Å². The van der Waals surface area contributed by atoms with E-state index in [1.807, 2.05) is 12.1 Å². The molecule has 1 aromatic carbocycles. The lowest BCUT2D eigenvalue weighted by Gasteiger charge is -2.32. The lowest BCUT2D eigenvalue weighted by atomic mass is 10.1. The SMILES string of the molecule is C=CCSCC(=O)Nc1cc(CN2CCN(C)CC2)ccc1OC. The van der Waals surface area contributed by atoms with Crippen LogP contribution in [0.15, 0.2) is 30.9 Å². The number of piperazine rings is 1. The number of amides is 1. The van der Waals surface area contributed by atoms with Crippen molar-refractivity contribution in [3.63, 3.8) is 0 Å². The van der Waals surface area contributed by atoms with Gasteiger partial charge in [0.15, 0.2) is 0 Å². The number of carbonyl (C=O) groups excluding carboxylic acids is 1. The van der Waals surface area contributed by atoms with Crippen LogP contribution in [0.25, 0.3) is 0 Å². The summed E-state index contributed by atoms with van der Waals surface area (Å²) in [6.07, 6.45) is 1.80. The quantitative estimate of drug-likeness (QED) is 0.576. The molecule has 1 aromatic rings. The molecule has 0 aromatic heterocycles. The third-order valence-electron chi connectivity index (χ3n) is 4.01. The molecular formula is C18H27N3O2S. The highest BCUT2D eigenvalue weighted by molar-refractivity contribution is 8.00. The first-order chi connectivity index (χ1) is 11.6. The smallest absolute Gasteiger partial charge is 0.234 e. The number of methoxy groups -OCH3 is 1. The van der Waals surface area contributed by atoms with E-state index in [0.717, 1.165) is 44.2 Å². The number of rotatable bonds is 8. The maximum absolute atomic E-state index is 12.1. The maximum atomic E-state index is 12.1. The number of ether oxygens (including phenoxy) is 1. The molecule has 24 heavy (non-hydrogen) atoms. The highest BCUT2D eigenvalue weighted by atomic mass is 32.2. The van der Waals surface area contributed by atoms with E-state index in [4.69, 9.17) is 4.74 Å². The summed E-state index contributed by atoms with van der Waals surface area (Å²) in [5.74, 6) is 1.86. The lowest BCUT2D eigenvalue weighted by molar-refractivity contribution is -0.113. The molecule has 1 amide bonds. The fourth-order valence-corrected chi connectivity index (χ4v) is 3.18. The molecule has 1 heterocycles. The van der Waals surface area contributed by atoms with Gasteiger partial charge in [0.1, 0.15) is 5.75 Å². The zero-order valence-corrected chi connectivity index (χ0v) is 15.4. The molecule has 0 aliphatic carbocycles. The van der Waals surface area contributed by atoms with Gasteiger partial charge in [-0.25, -0.2) is 0 Å². The van der Waals surface area contributed by atoms with Crippen molar-refractivity contribution in [2.75, 3.05) is 57.2 Å². The Balaban J connectivity index is 1.98. The number of anilines is 1. The van der Waals surface area contributed by atoms with Gasteiger partial charge in [0, 0.05) is 38.5 Å². The van der Waals surface area contributed by atoms with Crippen molar-refractivity contribution in [1.29, 1.82) is 0 Å². The number of hydrogen-bond donors (Lipinski definition) is 1. The van der Waals surface area contributed by atoms with E-state index in [0.29, 0.717) is 11.5 Å². The molecule has 0 saturated carbocycles. The Bertz CT molecular complexity index is 557.